The van der Waals surface area contributed by atoms with Gasteiger partial charge in [0.05, 0.1) is 12.3 Å². The molecule has 3 unspecified atom stereocenters. The minimum Gasteiger partial charge on any atom is -0.343 e. The van der Waals surface area contributed by atoms with Crippen LogP contribution in [-0.4, -0.2) is 98.0 Å². The van der Waals surface area contributed by atoms with Gasteiger partial charge in [-0.05, 0) is 54.0 Å². The number of carbonyl (C=O) groups is 2. The zero-order valence-electron chi connectivity index (χ0n) is 27.4. The zero-order chi connectivity index (χ0) is 32.0. The number of sulfonamides is 1. The number of hydrogen-bond donors (Lipinski definition) is 2. The average molecular weight is 731 g/mol. The lowest BCUT2D eigenvalue weighted by atomic mass is 9.83. The van der Waals surface area contributed by atoms with Crippen LogP contribution in [0.1, 0.15) is 55.7 Å². The Kier molecular flexibility index (Phi) is 15.3. The molecule has 9 nitrogen and oxygen atoms in total. The molecule has 0 radical (unpaired) electrons. The Labute approximate surface area is 298 Å². The molecule has 3 atom stereocenters. The van der Waals surface area contributed by atoms with Crippen LogP contribution in [0.15, 0.2) is 48.5 Å². The molecule has 2 heterocycles. The van der Waals surface area contributed by atoms with Crippen molar-refractivity contribution in [3.05, 3.63) is 70.2 Å². The zero-order valence-corrected chi connectivity index (χ0v) is 30.6. The highest BCUT2D eigenvalue weighted by atomic mass is 35.5. The van der Waals surface area contributed by atoms with Crippen LogP contribution in [0.2, 0.25) is 5.02 Å². The fourth-order valence-corrected chi connectivity index (χ4v) is 8.27. The molecular weight excluding hydrogens is 681 g/mol. The summed E-state index contributed by atoms with van der Waals surface area (Å²) in [6, 6.07) is 14.5. The number of piperazine rings is 1. The van der Waals surface area contributed by atoms with E-state index < -0.39 is 22.1 Å². The van der Waals surface area contributed by atoms with Crippen molar-refractivity contribution in [3.63, 3.8) is 0 Å². The van der Waals surface area contributed by atoms with Gasteiger partial charge in [-0.25, -0.2) is 12.7 Å². The number of nitrogens with zero attached hydrogens (tertiary/aromatic N) is 3. The predicted octanol–water partition coefficient (Wildman–Crippen LogP) is 4.30. The highest BCUT2D eigenvalue weighted by Crippen LogP contribution is 2.31. The van der Waals surface area contributed by atoms with Gasteiger partial charge in [0, 0.05) is 63.3 Å². The van der Waals surface area contributed by atoms with Crippen molar-refractivity contribution in [2.45, 2.75) is 76.5 Å². The van der Waals surface area contributed by atoms with Gasteiger partial charge in [-0.15, -0.1) is 24.8 Å². The highest BCUT2D eigenvalue weighted by molar-refractivity contribution is 7.88. The molecule has 2 aromatic carbocycles. The number of fused-ring (bicyclic) bond motifs is 1. The van der Waals surface area contributed by atoms with Crippen LogP contribution in [0, 0.1) is 5.92 Å². The van der Waals surface area contributed by atoms with Gasteiger partial charge < -0.3 is 15.5 Å². The first-order chi connectivity index (χ1) is 21.6. The van der Waals surface area contributed by atoms with Gasteiger partial charge in [-0.1, -0.05) is 74.2 Å². The van der Waals surface area contributed by atoms with Crippen LogP contribution in [-0.2, 0) is 39.0 Å². The number of rotatable bonds is 11. The second kappa shape index (κ2) is 18.2. The predicted molar refractivity (Wildman–Crippen MR) is 193 cm³/mol. The van der Waals surface area contributed by atoms with E-state index in [9.17, 15) is 18.0 Å². The van der Waals surface area contributed by atoms with Crippen molar-refractivity contribution in [2.24, 2.45) is 5.92 Å². The summed E-state index contributed by atoms with van der Waals surface area (Å²) in [6.07, 6.45) is 8.06. The largest absolute Gasteiger partial charge is 0.343 e. The van der Waals surface area contributed by atoms with Crippen LogP contribution >= 0.6 is 36.4 Å². The summed E-state index contributed by atoms with van der Waals surface area (Å²) in [5.74, 6) is 0.185. The van der Waals surface area contributed by atoms with E-state index in [1.54, 1.807) is 16.4 Å². The molecular formula is C34H50Cl3N5O4S. The van der Waals surface area contributed by atoms with Crippen LogP contribution in [0.3, 0.4) is 0 Å². The molecule has 2 amide bonds. The summed E-state index contributed by atoms with van der Waals surface area (Å²) in [6.45, 7) is 5.88. The summed E-state index contributed by atoms with van der Waals surface area (Å²) < 4.78 is 26.6. The van der Waals surface area contributed by atoms with Crippen molar-refractivity contribution in [2.75, 3.05) is 45.5 Å². The van der Waals surface area contributed by atoms with E-state index in [4.69, 9.17) is 11.6 Å². The van der Waals surface area contributed by atoms with Gasteiger partial charge in [0.1, 0.15) is 6.04 Å². The maximum atomic E-state index is 14.1. The van der Waals surface area contributed by atoms with E-state index in [1.807, 2.05) is 36.1 Å². The smallest absolute Gasteiger partial charge is 0.245 e. The quantitative estimate of drug-likeness (QED) is 0.358. The highest BCUT2D eigenvalue weighted by Gasteiger charge is 2.36. The third-order valence-corrected chi connectivity index (χ3v) is 11.5. The molecule has 2 N–H and O–H groups in total. The lowest BCUT2D eigenvalue weighted by Gasteiger charge is -2.45. The molecule has 262 valence electrons. The van der Waals surface area contributed by atoms with Crippen LogP contribution in [0.25, 0.3) is 0 Å². The SMILES string of the molecule is CCN(CC(C1CCCCC1)N1CCN(C(=O)C(Cc2ccc(Cl)cc2)NC(=O)C2Cc3ccccc3CN2)CC1)S(C)(=O)=O.Cl.Cl. The number of likely N-dealkylation sites (N-methyl/N-ethyl adjacent to an activating group) is 1. The number of amides is 2. The standard InChI is InChI=1S/C34H48ClN5O4S.2ClH/c1-3-40(45(2,43)44)24-32(26-9-5-4-6-10-26)38-17-19-39(20-18-38)34(42)31(21-25-13-15-29(35)16-14-25)37-33(41)30-22-27-11-7-8-12-28(27)23-36-30;;/h7-8,11-16,26,30-32,36H,3-6,9-10,17-24H2,1-2H3,(H,37,41);2*1H. The number of halogens is 3. The molecule has 2 fully saturated rings. The molecule has 3 aliphatic rings. The maximum absolute atomic E-state index is 14.1. The fourth-order valence-electron chi connectivity index (χ4n) is 7.25. The summed E-state index contributed by atoms with van der Waals surface area (Å²) in [5.41, 5.74) is 3.27. The molecule has 1 saturated carbocycles. The van der Waals surface area contributed by atoms with Crippen molar-refractivity contribution < 1.29 is 18.0 Å². The summed E-state index contributed by atoms with van der Waals surface area (Å²) in [4.78, 5) is 31.9. The average Bonchev–Trinajstić information content (AvgIpc) is 3.05. The molecule has 0 bridgehead atoms. The van der Waals surface area contributed by atoms with Crippen molar-refractivity contribution >= 4 is 58.3 Å². The first kappa shape index (κ1) is 39.5. The second-order valence-corrected chi connectivity index (χ2v) is 15.3. The molecule has 1 saturated heterocycles. The first-order valence-electron chi connectivity index (χ1n) is 16.4. The lowest BCUT2D eigenvalue weighted by molar-refractivity contribution is -0.138. The molecule has 2 aromatic rings. The summed E-state index contributed by atoms with van der Waals surface area (Å²) in [5, 5.41) is 7.07. The van der Waals surface area contributed by atoms with Gasteiger partial charge in [-0.2, -0.15) is 0 Å². The monoisotopic (exact) mass is 729 g/mol. The minimum absolute atomic E-state index is 0. The third kappa shape index (κ3) is 10.5. The number of hydrogen-bond acceptors (Lipinski definition) is 6. The lowest BCUT2D eigenvalue weighted by Crippen LogP contribution is -2.60. The Morgan fingerprint density at radius 3 is 2.23 bits per heavy atom. The Balaban J connectivity index is 0.00000300. The van der Waals surface area contributed by atoms with E-state index in [-0.39, 0.29) is 42.7 Å². The molecule has 5 rings (SSSR count). The Bertz CT molecular complexity index is 1420. The van der Waals surface area contributed by atoms with Crippen LogP contribution in [0.4, 0.5) is 0 Å². The van der Waals surface area contributed by atoms with Crippen LogP contribution < -0.4 is 10.6 Å². The summed E-state index contributed by atoms with van der Waals surface area (Å²) in [7, 11) is -3.30. The van der Waals surface area contributed by atoms with Crippen molar-refractivity contribution in [1.82, 2.24) is 24.7 Å². The van der Waals surface area contributed by atoms with Crippen LogP contribution in [0.5, 0.6) is 0 Å². The molecule has 1 aliphatic carbocycles. The summed E-state index contributed by atoms with van der Waals surface area (Å²) >= 11 is 6.13. The van der Waals surface area contributed by atoms with Gasteiger partial charge in [0.25, 0.3) is 0 Å². The molecule has 0 spiro atoms. The normalized spacial score (nSPS) is 20.3. The van der Waals surface area contributed by atoms with E-state index in [2.05, 4.69) is 27.7 Å². The molecule has 2 aliphatic heterocycles. The third-order valence-electron chi connectivity index (χ3n) is 9.87. The van der Waals surface area contributed by atoms with Gasteiger partial charge in [-0.3, -0.25) is 14.5 Å². The van der Waals surface area contributed by atoms with Gasteiger partial charge >= 0.3 is 0 Å². The Hall–Kier alpha value is -1.92. The van der Waals surface area contributed by atoms with Crippen molar-refractivity contribution in [3.8, 4) is 0 Å². The Morgan fingerprint density at radius 2 is 1.62 bits per heavy atom. The van der Waals surface area contributed by atoms with Gasteiger partial charge in [0.2, 0.25) is 21.8 Å². The fraction of sp³-hybridized carbons (Fsp3) is 0.588. The Morgan fingerprint density at radius 1 is 0.979 bits per heavy atom. The number of benzene rings is 2. The minimum atomic E-state index is -3.30. The van der Waals surface area contributed by atoms with E-state index >= 15 is 0 Å². The second-order valence-electron chi connectivity index (χ2n) is 12.8. The molecule has 47 heavy (non-hydrogen) atoms. The van der Waals surface area contributed by atoms with E-state index in [0.717, 1.165) is 24.0 Å². The maximum Gasteiger partial charge on any atom is 0.245 e. The molecule has 0 aromatic heterocycles. The topological polar surface area (TPSA) is 102 Å². The number of carbonyl (C=O) groups excluding carboxylic acids is 2. The first-order valence-corrected chi connectivity index (χ1v) is 18.7. The van der Waals surface area contributed by atoms with Crippen molar-refractivity contribution in [1.29, 1.82) is 0 Å². The molecule has 13 heteroatoms. The van der Waals surface area contributed by atoms with E-state index in [0.29, 0.717) is 69.6 Å². The number of nitrogens with one attached hydrogen (secondary N) is 2. The van der Waals surface area contributed by atoms with Gasteiger partial charge in [0.15, 0.2) is 0 Å². The van der Waals surface area contributed by atoms with E-state index in [1.165, 1.54) is 31.1 Å².